The number of ether oxygens (including phenoxy) is 1. The summed E-state index contributed by atoms with van der Waals surface area (Å²) >= 11 is 0. The van der Waals surface area contributed by atoms with Crippen LogP contribution in [0, 0.1) is 17.8 Å². The highest BCUT2D eigenvalue weighted by Gasteiger charge is 2.32. The zero-order valence-corrected chi connectivity index (χ0v) is 13.4. The van der Waals surface area contributed by atoms with Gasteiger partial charge in [0.1, 0.15) is 5.78 Å². The van der Waals surface area contributed by atoms with Crippen LogP contribution in [0.4, 0.5) is 0 Å². The third-order valence-corrected chi connectivity index (χ3v) is 5.32. The zero-order valence-electron chi connectivity index (χ0n) is 13.4. The van der Waals surface area contributed by atoms with Crippen LogP contribution in [0.15, 0.2) is 0 Å². The van der Waals surface area contributed by atoms with Gasteiger partial charge in [-0.25, -0.2) is 0 Å². The SMILES string of the molecule is CCCC1CCC(=O)C(CN2CCC(C)C(OC)C2)C1. The summed E-state index contributed by atoms with van der Waals surface area (Å²) in [6.45, 7) is 7.62. The molecule has 116 valence electrons. The molecular formula is C17H31NO2. The summed E-state index contributed by atoms with van der Waals surface area (Å²) in [5.41, 5.74) is 0. The molecule has 4 atom stereocenters. The van der Waals surface area contributed by atoms with Crippen molar-refractivity contribution < 1.29 is 9.53 Å². The molecule has 3 heteroatoms. The van der Waals surface area contributed by atoms with E-state index in [0.29, 0.717) is 17.8 Å². The van der Waals surface area contributed by atoms with Crippen LogP contribution in [0.1, 0.15) is 52.4 Å². The summed E-state index contributed by atoms with van der Waals surface area (Å²) in [6.07, 6.45) is 7.14. The number of rotatable bonds is 5. The Morgan fingerprint density at radius 2 is 2.15 bits per heavy atom. The maximum atomic E-state index is 12.2. The summed E-state index contributed by atoms with van der Waals surface area (Å²) in [5, 5.41) is 0. The molecule has 1 aliphatic carbocycles. The highest BCUT2D eigenvalue weighted by molar-refractivity contribution is 5.81. The molecule has 0 radical (unpaired) electrons. The number of piperidine rings is 1. The minimum absolute atomic E-state index is 0.284. The average molecular weight is 281 g/mol. The molecule has 1 saturated carbocycles. The fraction of sp³-hybridized carbons (Fsp3) is 0.941. The second-order valence-electron chi connectivity index (χ2n) is 6.89. The van der Waals surface area contributed by atoms with Crippen LogP contribution in [-0.2, 0) is 9.53 Å². The normalized spacial score (nSPS) is 36.2. The number of Topliss-reactive ketones (excluding diaryl/α,β-unsaturated/α-hetero) is 1. The van der Waals surface area contributed by atoms with Crippen LogP contribution in [0.3, 0.4) is 0 Å². The third-order valence-electron chi connectivity index (χ3n) is 5.32. The Balaban J connectivity index is 1.86. The standard InChI is InChI=1S/C17H31NO2/c1-4-5-14-6-7-16(19)15(10-14)11-18-9-8-13(2)17(12-18)20-3/h13-15,17H,4-12H2,1-3H3. The van der Waals surface area contributed by atoms with Gasteiger partial charge in [0.2, 0.25) is 0 Å². The van der Waals surface area contributed by atoms with Gasteiger partial charge >= 0.3 is 0 Å². The van der Waals surface area contributed by atoms with Crippen molar-refractivity contribution in [3.8, 4) is 0 Å². The van der Waals surface area contributed by atoms with Crippen LogP contribution >= 0.6 is 0 Å². The first kappa shape index (κ1) is 16.0. The molecule has 2 aliphatic rings. The summed E-state index contributed by atoms with van der Waals surface area (Å²) in [7, 11) is 1.81. The Morgan fingerprint density at radius 3 is 2.85 bits per heavy atom. The van der Waals surface area contributed by atoms with E-state index in [1.807, 2.05) is 7.11 Å². The lowest BCUT2D eigenvalue weighted by molar-refractivity contribution is -0.127. The molecule has 2 rings (SSSR count). The minimum Gasteiger partial charge on any atom is -0.380 e. The van der Waals surface area contributed by atoms with E-state index >= 15 is 0 Å². The Bertz CT molecular complexity index is 318. The van der Waals surface area contributed by atoms with Crippen molar-refractivity contribution in [2.75, 3.05) is 26.7 Å². The fourth-order valence-electron chi connectivity index (χ4n) is 3.93. The summed E-state index contributed by atoms with van der Waals surface area (Å²) < 4.78 is 5.58. The highest BCUT2D eigenvalue weighted by atomic mass is 16.5. The van der Waals surface area contributed by atoms with Gasteiger partial charge in [-0.2, -0.15) is 0 Å². The van der Waals surface area contributed by atoms with Crippen molar-refractivity contribution in [1.29, 1.82) is 0 Å². The first-order valence-corrected chi connectivity index (χ1v) is 8.41. The number of methoxy groups -OCH3 is 1. The molecule has 3 nitrogen and oxygen atoms in total. The van der Waals surface area contributed by atoms with Crippen molar-refractivity contribution in [2.24, 2.45) is 17.8 Å². The Labute approximate surface area is 124 Å². The van der Waals surface area contributed by atoms with Crippen molar-refractivity contribution >= 4 is 5.78 Å². The van der Waals surface area contributed by atoms with Crippen molar-refractivity contribution in [1.82, 2.24) is 4.90 Å². The Hall–Kier alpha value is -0.410. The summed E-state index contributed by atoms with van der Waals surface area (Å²) in [5.74, 6) is 2.21. The lowest BCUT2D eigenvalue weighted by Crippen LogP contribution is -2.47. The van der Waals surface area contributed by atoms with E-state index in [4.69, 9.17) is 4.74 Å². The third kappa shape index (κ3) is 4.05. The predicted octanol–water partition coefficient (Wildman–Crippen LogP) is 3.13. The maximum absolute atomic E-state index is 12.2. The smallest absolute Gasteiger partial charge is 0.137 e. The molecule has 0 aromatic heterocycles. The van der Waals surface area contributed by atoms with E-state index in [1.165, 1.54) is 19.3 Å². The van der Waals surface area contributed by atoms with E-state index in [0.717, 1.165) is 44.8 Å². The Kier molecular flexibility index (Phi) is 6.03. The van der Waals surface area contributed by atoms with Crippen molar-refractivity contribution in [3.63, 3.8) is 0 Å². The number of carbonyl (C=O) groups is 1. The molecule has 0 aromatic carbocycles. The van der Waals surface area contributed by atoms with Crippen LogP contribution in [0.5, 0.6) is 0 Å². The van der Waals surface area contributed by atoms with Gasteiger partial charge in [-0.15, -0.1) is 0 Å². The quantitative estimate of drug-likeness (QED) is 0.775. The molecule has 1 heterocycles. The maximum Gasteiger partial charge on any atom is 0.137 e. The summed E-state index contributed by atoms with van der Waals surface area (Å²) in [6, 6.07) is 0. The van der Waals surface area contributed by atoms with E-state index in [9.17, 15) is 4.79 Å². The van der Waals surface area contributed by atoms with Gasteiger partial charge in [0.25, 0.3) is 0 Å². The Morgan fingerprint density at radius 1 is 1.35 bits per heavy atom. The lowest BCUT2D eigenvalue weighted by Gasteiger charge is -2.39. The van der Waals surface area contributed by atoms with E-state index in [1.54, 1.807) is 0 Å². The number of ketones is 1. The number of hydrogen-bond acceptors (Lipinski definition) is 3. The second-order valence-corrected chi connectivity index (χ2v) is 6.89. The molecule has 1 saturated heterocycles. The van der Waals surface area contributed by atoms with Crippen molar-refractivity contribution in [3.05, 3.63) is 0 Å². The monoisotopic (exact) mass is 281 g/mol. The molecule has 0 amide bonds. The molecule has 0 N–H and O–H groups in total. The first-order valence-electron chi connectivity index (χ1n) is 8.41. The molecule has 4 unspecified atom stereocenters. The van der Waals surface area contributed by atoms with Gasteiger partial charge < -0.3 is 9.64 Å². The number of nitrogens with zero attached hydrogens (tertiary/aromatic N) is 1. The molecule has 2 fully saturated rings. The number of likely N-dealkylation sites (tertiary alicyclic amines) is 1. The highest BCUT2D eigenvalue weighted by Crippen LogP contribution is 2.31. The van der Waals surface area contributed by atoms with Crippen LogP contribution in [0.25, 0.3) is 0 Å². The number of hydrogen-bond donors (Lipinski definition) is 0. The van der Waals surface area contributed by atoms with Gasteiger partial charge in [0, 0.05) is 32.5 Å². The van der Waals surface area contributed by atoms with Crippen molar-refractivity contribution in [2.45, 2.75) is 58.5 Å². The molecule has 1 aliphatic heterocycles. The molecular weight excluding hydrogens is 250 g/mol. The van der Waals surface area contributed by atoms with E-state index in [-0.39, 0.29) is 5.92 Å². The first-order chi connectivity index (χ1) is 9.63. The zero-order chi connectivity index (χ0) is 14.5. The van der Waals surface area contributed by atoms with Gasteiger partial charge in [-0.3, -0.25) is 4.79 Å². The second kappa shape index (κ2) is 7.56. The van der Waals surface area contributed by atoms with Crippen LogP contribution in [0.2, 0.25) is 0 Å². The predicted molar refractivity (Wildman–Crippen MR) is 81.8 cm³/mol. The number of carbonyl (C=O) groups excluding carboxylic acids is 1. The van der Waals surface area contributed by atoms with Gasteiger partial charge in [-0.1, -0.05) is 26.7 Å². The van der Waals surface area contributed by atoms with E-state index < -0.39 is 0 Å². The molecule has 20 heavy (non-hydrogen) atoms. The van der Waals surface area contributed by atoms with E-state index in [2.05, 4.69) is 18.7 Å². The van der Waals surface area contributed by atoms with Crippen LogP contribution in [-0.4, -0.2) is 43.5 Å². The van der Waals surface area contributed by atoms with Gasteiger partial charge in [0.05, 0.1) is 6.10 Å². The minimum atomic E-state index is 0.284. The van der Waals surface area contributed by atoms with Crippen LogP contribution < -0.4 is 0 Å². The largest absolute Gasteiger partial charge is 0.380 e. The molecule has 0 aromatic rings. The average Bonchev–Trinajstić information content (AvgIpc) is 2.45. The summed E-state index contributed by atoms with van der Waals surface area (Å²) in [4.78, 5) is 14.6. The van der Waals surface area contributed by atoms with Gasteiger partial charge in [0.15, 0.2) is 0 Å². The topological polar surface area (TPSA) is 29.5 Å². The lowest BCUT2D eigenvalue weighted by atomic mass is 9.78. The van der Waals surface area contributed by atoms with Gasteiger partial charge in [-0.05, 0) is 37.6 Å². The molecule has 0 spiro atoms. The molecule has 0 bridgehead atoms. The fourth-order valence-corrected chi connectivity index (χ4v) is 3.93.